The van der Waals surface area contributed by atoms with E-state index in [9.17, 15) is 0 Å². The van der Waals surface area contributed by atoms with Gasteiger partial charge in [-0.2, -0.15) is 0 Å². The number of nitrogens with two attached hydrogens (primary N) is 1. The maximum Gasteiger partial charge on any atom is 0.283 e. The Kier molecular flexibility index (Phi) is 3.52. The molecule has 21 heavy (non-hydrogen) atoms. The minimum absolute atomic E-state index is 0.252. The Balaban J connectivity index is 1.67. The zero-order chi connectivity index (χ0) is 14.7. The molecule has 2 aromatic carbocycles. The second-order valence-electron chi connectivity index (χ2n) is 5.31. The fourth-order valence-electron chi connectivity index (χ4n) is 2.32. The zero-order valence-electron chi connectivity index (χ0n) is 12.0. The normalized spacial score (nSPS) is 20.7. The van der Waals surface area contributed by atoms with Gasteiger partial charge in [0.25, 0.3) is 6.02 Å². The van der Waals surface area contributed by atoms with Gasteiger partial charge in [0.15, 0.2) is 0 Å². The molecule has 0 saturated heterocycles. The summed E-state index contributed by atoms with van der Waals surface area (Å²) >= 11 is 0. The third kappa shape index (κ3) is 2.99. The maximum atomic E-state index is 5.77. The van der Waals surface area contributed by atoms with Crippen molar-refractivity contribution in [1.29, 1.82) is 0 Å². The average Bonchev–Trinajstić information content (AvgIpc) is 2.87. The first-order valence-corrected chi connectivity index (χ1v) is 6.91. The van der Waals surface area contributed by atoms with Crippen LogP contribution in [0.15, 0.2) is 59.6 Å². The summed E-state index contributed by atoms with van der Waals surface area (Å²) in [4.78, 5) is 4.35. The fourth-order valence-corrected chi connectivity index (χ4v) is 2.32. The lowest BCUT2D eigenvalue weighted by Gasteiger charge is -2.19. The van der Waals surface area contributed by atoms with Crippen LogP contribution in [-0.2, 0) is 16.9 Å². The smallest absolute Gasteiger partial charge is 0.283 e. The van der Waals surface area contributed by atoms with Crippen LogP contribution >= 0.6 is 0 Å². The number of aliphatic imine (C=N–C) groups is 1. The van der Waals surface area contributed by atoms with Gasteiger partial charge in [-0.15, -0.1) is 0 Å². The molecular weight excluding hydrogens is 264 g/mol. The molecule has 2 aromatic rings. The van der Waals surface area contributed by atoms with Crippen LogP contribution in [0, 0.1) is 0 Å². The Labute approximate surface area is 124 Å². The van der Waals surface area contributed by atoms with Crippen LogP contribution in [0.1, 0.15) is 18.1 Å². The monoisotopic (exact) mass is 282 g/mol. The Morgan fingerprint density at radius 3 is 2.48 bits per heavy atom. The molecule has 0 fully saturated rings. The summed E-state index contributed by atoms with van der Waals surface area (Å²) in [5.74, 6) is 0.835. The molecule has 0 radical (unpaired) electrons. The van der Waals surface area contributed by atoms with E-state index in [0.29, 0.717) is 13.2 Å². The van der Waals surface area contributed by atoms with Crippen molar-refractivity contribution in [3.05, 3.63) is 65.7 Å². The van der Waals surface area contributed by atoms with E-state index >= 15 is 0 Å². The van der Waals surface area contributed by atoms with E-state index in [1.54, 1.807) is 0 Å². The first-order valence-electron chi connectivity index (χ1n) is 6.91. The lowest BCUT2D eigenvalue weighted by atomic mass is 9.94. The molecule has 2 N–H and O–H groups in total. The largest absolute Gasteiger partial charge is 0.489 e. The molecular formula is C17H18N2O2. The highest BCUT2D eigenvalue weighted by Crippen LogP contribution is 2.30. The predicted molar refractivity (Wildman–Crippen MR) is 82.1 cm³/mol. The fraction of sp³-hybridized carbons (Fsp3) is 0.235. The summed E-state index contributed by atoms with van der Waals surface area (Å²) in [5, 5.41) is 0. The first kappa shape index (κ1) is 13.5. The second kappa shape index (κ2) is 5.48. The highest BCUT2D eigenvalue weighted by molar-refractivity contribution is 5.74. The van der Waals surface area contributed by atoms with Crippen LogP contribution in [0.4, 0.5) is 0 Å². The highest BCUT2D eigenvalue weighted by atomic mass is 16.5. The molecule has 0 aromatic heterocycles. The van der Waals surface area contributed by atoms with Gasteiger partial charge >= 0.3 is 0 Å². The molecule has 0 aliphatic carbocycles. The molecule has 0 saturated carbocycles. The number of nitrogens with zero attached hydrogens (tertiary/aromatic N) is 1. The summed E-state index contributed by atoms with van der Waals surface area (Å²) in [6, 6.07) is 18.3. The molecule has 108 valence electrons. The maximum absolute atomic E-state index is 5.77. The minimum atomic E-state index is -0.401. The van der Waals surface area contributed by atoms with Crippen molar-refractivity contribution in [3.63, 3.8) is 0 Å². The molecule has 4 nitrogen and oxygen atoms in total. The zero-order valence-corrected chi connectivity index (χ0v) is 12.0. The molecule has 1 aliphatic heterocycles. The molecule has 4 heteroatoms. The van der Waals surface area contributed by atoms with Gasteiger partial charge < -0.3 is 15.2 Å². The van der Waals surface area contributed by atoms with Crippen LogP contribution < -0.4 is 10.5 Å². The van der Waals surface area contributed by atoms with Crippen molar-refractivity contribution >= 4 is 6.02 Å². The van der Waals surface area contributed by atoms with Crippen molar-refractivity contribution in [1.82, 2.24) is 0 Å². The van der Waals surface area contributed by atoms with Gasteiger partial charge in [-0.3, -0.25) is 0 Å². The van der Waals surface area contributed by atoms with E-state index in [1.807, 2.05) is 61.5 Å². The molecule has 1 unspecified atom stereocenters. The quantitative estimate of drug-likeness (QED) is 0.938. The third-order valence-corrected chi connectivity index (χ3v) is 3.58. The number of hydrogen-bond acceptors (Lipinski definition) is 4. The van der Waals surface area contributed by atoms with Crippen LogP contribution in [-0.4, -0.2) is 12.6 Å². The molecule has 0 bridgehead atoms. The Hall–Kier alpha value is -2.49. The molecule has 0 amide bonds. The molecule has 3 rings (SSSR count). The van der Waals surface area contributed by atoms with E-state index in [-0.39, 0.29) is 6.02 Å². The van der Waals surface area contributed by atoms with Crippen molar-refractivity contribution in [3.8, 4) is 5.75 Å². The van der Waals surface area contributed by atoms with Gasteiger partial charge in [-0.1, -0.05) is 42.5 Å². The lowest BCUT2D eigenvalue weighted by molar-refractivity contribution is 0.266. The van der Waals surface area contributed by atoms with Gasteiger partial charge in [0.1, 0.15) is 24.5 Å². The van der Waals surface area contributed by atoms with Gasteiger partial charge in [-0.25, -0.2) is 4.99 Å². The Bertz CT molecular complexity index is 638. The van der Waals surface area contributed by atoms with E-state index in [4.69, 9.17) is 15.2 Å². The summed E-state index contributed by atoms with van der Waals surface area (Å²) < 4.78 is 11.0. The Morgan fingerprint density at radius 2 is 1.86 bits per heavy atom. The Morgan fingerprint density at radius 1 is 1.14 bits per heavy atom. The average molecular weight is 282 g/mol. The lowest BCUT2D eigenvalue weighted by Crippen LogP contribution is -2.20. The summed E-state index contributed by atoms with van der Waals surface area (Å²) in [7, 11) is 0. The predicted octanol–water partition coefficient (Wildman–Crippen LogP) is 2.83. The number of rotatable bonds is 4. The van der Waals surface area contributed by atoms with Crippen molar-refractivity contribution in [2.45, 2.75) is 19.1 Å². The van der Waals surface area contributed by atoms with Crippen LogP contribution in [0.2, 0.25) is 0 Å². The summed E-state index contributed by atoms with van der Waals surface area (Å²) in [6.45, 7) is 3.04. The molecule has 0 spiro atoms. The summed E-state index contributed by atoms with van der Waals surface area (Å²) in [6.07, 6.45) is 0. The standard InChI is InChI=1S/C17H18N2O2/c1-17(12-21-16(18)19-17)14-7-9-15(10-8-14)20-11-13-5-3-2-4-6-13/h2-10H,11-12H2,1H3,(H2,18,19). The first-order chi connectivity index (χ1) is 10.2. The van der Waals surface area contributed by atoms with Crippen LogP contribution in [0.25, 0.3) is 0 Å². The third-order valence-electron chi connectivity index (χ3n) is 3.58. The van der Waals surface area contributed by atoms with Gasteiger partial charge in [0, 0.05) is 0 Å². The number of ether oxygens (including phenoxy) is 2. The number of amidine groups is 1. The SMILES string of the molecule is CC1(c2ccc(OCc3ccccc3)cc2)COC(N)=N1. The van der Waals surface area contributed by atoms with Crippen LogP contribution in [0.5, 0.6) is 5.75 Å². The van der Waals surface area contributed by atoms with Crippen molar-refractivity contribution in [2.24, 2.45) is 10.7 Å². The van der Waals surface area contributed by atoms with Crippen molar-refractivity contribution < 1.29 is 9.47 Å². The number of benzene rings is 2. The molecule has 1 aliphatic rings. The van der Waals surface area contributed by atoms with E-state index < -0.39 is 5.54 Å². The highest BCUT2D eigenvalue weighted by Gasteiger charge is 2.32. The minimum Gasteiger partial charge on any atom is -0.489 e. The van der Waals surface area contributed by atoms with E-state index in [1.165, 1.54) is 0 Å². The molecule has 1 heterocycles. The number of hydrogen-bond donors (Lipinski definition) is 1. The molecule has 1 atom stereocenters. The van der Waals surface area contributed by atoms with Gasteiger partial charge in [-0.05, 0) is 30.2 Å². The van der Waals surface area contributed by atoms with Crippen molar-refractivity contribution in [2.75, 3.05) is 6.61 Å². The van der Waals surface area contributed by atoms with E-state index in [2.05, 4.69) is 4.99 Å². The second-order valence-corrected chi connectivity index (χ2v) is 5.31. The summed E-state index contributed by atoms with van der Waals surface area (Å²) in [5.41, 5.74) is 7.41. The van der Waals surface area contributed by atoms with Gasteiger partial charge in [0.2, 0.25) is 0 Å². The van der Waals surface area contributed by atoms with Gasteiger partial charge in [0.05, 0.1) is 0 Å². The van der Waals surface area contributed by atoms with Crippen LogP contribution in [0.3, 0.4) is 0 Å². The topological polar surface area (TPSA) is 56.8 Å². The van der Waals surface area contributed by atoms with E-state index in [0.717, 1.165) is 16.9 Å².